The molecule has 0 spiro atoms. The highest BCUT2D eigenvalue weighted by molar-refractivity contribution is 5.08. The molecule has 0 unspecified atom stereocenters. The monoisotopic (exact) mass is 261 g/mol. The van der Waals surface area contributed by atoms with Crippen LogP contribution in [0.5, 0.6) is 0 Å². The summed E-state index contributed by atoms with van der Waals surface area (Å²) in [5.41, 5.74) is 1.74. The lowest BCUT2D eigenvalue weighted by Crippen LogP contribution is -2.44. The lowest BCUT2D eigenvalue weighted by molar-refractivity contribution is 0.112. The van der Waals surface area contributed by atoms with Gasteiger partial charge >= 0.3 is 0 Å². The fourth-order valence-corrected chi connectivity index (χ4v) is 4.54. The molecule has 3 rings (SSSR count). The zero-order valence-electron chi connectivity index (χ0n) is 12.6. The summed E-state index contributed by atoms with van der Waals surface area (Å²) in [5.74, 6) is 0. The van der Waals surface area contributed by atoms with Gasteiger partial charge in [0.05, 0.1) is 0 Å². The lowest BCUT2D eigenvalue weighted by Gasteiger charge is -2.45. The number of allylic oxidation sites excluding steroid dienone is 2. The minimum absolute atomic E-state index is 0.890. The van der Waals surface area contributed by atoms with Gasteiger partial charge in [-0.3, -0.25) is 0 Å². The fourth-order valence-electron chi connectivity index (χ4n) is 4.54. The molecule has 3 aliphatic carbocycles. The van der Waals surface area contributed by atoms with Crippen LogP contribution < -0.4 is 0 Å². The molecule has 0 aromatic carbocycles. The van der Waals surface area contributed by atoms with Gasteiger partial charge in [0, 0.05) is 17.8 Å². The molecule has 0 aromatic rings. The van der Waals surface area contributed by atoms with E-state index in [2.05, 4.69) is 11.0 Å². The van der Waals surface area contributed by atoms with Crippen molar-refractivity contribution in [3.8, 4) is 0 Å². The van der Waals surface area contributed by atoms with Crippen molar-refractivity contribution >= 4 is 0 Å². The number of nitrogens with zero attached hydrogens (tertiary/aromatic N) is 1. The van der Waals surface area contributed by atoms with E-state index >= 15 is 0 Å². The lowest BCUT2D eigenvalue weighted by atomic mass is 9.87. The van der Waals surface area contributed by atoms with Crippen molar-refractivity contribution in [3.63, 3.8) is 0 Å². The number of hydrogen-bond donors (Lipinski definition) is 0. The molecule has 0 bridgehead atoms. The molecular formula is C18H31N. The van der Waals surface area contributed by atoms with Crippen LogP contribution in [0.1, 0.15) is 89.9 Å². The van der Waals surface area contributed by atoms with E-state index in [9.17, 15) is 0 Å². The average molecular weight is 261 g/mol. The predicted molar refractivity (Wildman–Crippen MR) is 82.1 cm³/mol. The Morgan fingerprint density at radius 3 is 1.74 bits per heavy atom. The van der Waals surface area contributed by atoms with E-state index in [0.29, 0.717) is 0 Å². The van der Waals surface area contributed by atoms with Crippen LogP contribution in [-0.2, 0) is 0 Å². The molecule has 2 fully saturated rings. The van der Waals surface area contributed by atoms with Crippen LogP contribution in [0.4, 0.5) is 0 Å². The van der Waals surface area contributed by atoms with E-state index in [1.165, 1.54) is 89.9 Å². The summed E-state index contributed by atoms with van der Waals surface area (Å²) in [6.07, 6.45) is 22.9. The topological polar surface area (TPSA) is 3.24 Å². The molecular weight excluding hydrogens is 230 g/mol. The summed E-state index contributed by atoms with van der Waals surface area (Å²) in [6, 6.07) is 1.78. The summed E-state index contributed by atoms with van der Waals surface area (Å²) < 4.78 is 0. The highest BCUT2D eigenvalue weighted by Crippen LogP contribution is 2.35. The molecule has 0 radical (unpaired) electrons. The van der Waals surface area contributed by atoms with Gasteiger partial charge in [0.2, 0.25) is 0 Å². The van der Waals surface area contributed by atoms with E-state index in [1.807, 2.05) is 0 Å². The van der Waals surface area contributed by atoms with Gasteiger partial charge in [-0.25, -0.2) is 0 Å². The first-order valence-corrected chi connectivity index (χ1v) is 8.92. The van der Waals surface area contributed by atoms with Gasteiger partial charge in [-0.05, 0) is 51.4 Å². The van der Waals surface area contributed by atoms with Crippen LogP contribution in [0, 0.1) is 0 Å². The fraction of sp³-hybridized carbons (Fsp3) is 0.889. The van der Waals surface area contributed by atoms with E-state index in [1.54, 1.807) is 5.70 Å². The van der Waals surface area contributed by atoms with Gasteiger partial charge in [-0.1, -0.05) is 44.6 Å². The zero-order valence-corrected chi connectivity index (χ0v) is 12.6. The molecule has 1 heteroatoms. The van der Waals surface area contributed by atoms with E-state index in [4.69, 9.17) is 0 Å². The van der Waals surface area contributed by atoms with Crippen LogP contribution in [-0.4, -0.2) is 17.0 Å². The standard InChI is InChI=1S/C18H31N/c1-4-10-16(11-5-1)19(17-12-6-2-7-13-17)18-14-8-3-9-15-18/h10,17-18H,1-9,11-15H2. The summed E-state index contributed by atoms with van der Waals surface area (Å²) in [4.78, 5) is 2.94. The smallest absolute Gasteiger partial charge is 0.0289 e. The van der Waals surface area contributed by atoms with Crippen molar-refractivity contribution in [1.29, 1.82) is 0 Å². The SMILES string of the molecule is C1=C(N(C2CCCCC2)C2CCCCC2)CCCC1. The third-order valence-electron chi connectivity index (χ3n) is 5.53. The summed E-state index contributed by atoms with van der Waals surface area (Å²) in [6.45, 7) is 0. The van der Waals surface area contributed by atoms with Crippen LogP contribution in [0.15, 0.2) is 11.8 Å². The maximum absolute atomic E-state index is 2.94. The van der Waals surface area contributed by atoms with Gasteiger partial charge in [-0.2, -0.15) is 0 Å². The van der Waals surface area contributed by atoms with E-state index < -0.39 is 0 Å². The molecule has 2 saturated carbocycles. The average Bonchev–Trinajstić information content (AvgIpc) is 2.51. The number of rotatable bonds is 3. The van der Waals surface area contributed by atoms with Gasteiger partial charge in [0.1, 0.15) is 0 Å². The Balaban J connectivity index is 1.74. The Kier molecular flexibility index (Phi) is 4.85. The Bertz CT molecular complexity index is 277. The molecule has 0 aromatic heterocycles. The second-order valence-electron chi connectivity index (χ2n) is 6.93. The molecule has 3 aliphatic rings. The first-order chi connectivity index (χ1) is 9.45. The van der Waals surface area contributed by atoms with Crippen molar-refractivity contribution in [2.75, 3.05) is 0 Å². The van der Waals surface area contributed by atoms with Crippen molar-refractivity contribution in [1.82, 2.24) is 4.90 Å². The summed E-state index contributed by atoms with van der Waals surface area (Å²) in [7, 11) is 0. The molecule has 0 atom stereocenters. The molecule has 1 nitrogen and oxygen atoms in total. The maximum Gasteiger partial charge on any atom is 0.0289 e. The highest BCUT2D eigenvalue weighted by atomic mass is 15.2. The third-order valence-corrected chi connectivity index (χ3v) is 5.53. The third kappa shape index (κ3) is 3.35. The molecule has 108 valence electrons. The number of hydrogen-bond acceptors (Lipinski definition) is 1. The molecule has 19 heavy (non-hydrogen) atoms. The van der Waals surface area contributed by atoms with Crippen LogP contribution in [0.25, 0.3) is 0 Å². The molecule has 0 aliphatic heterocycles. The second-order valence-corrected chi connectivity index (χ2v) is 6.93. The first-order valence-electron chi connectivity index (χ1n) is 8.92. The molecule has 0 saturated heterocycles. The van der Waals surface area contributed by atoms with E-state index in [-0.39, 0.29) is 0 Å². The van der Waals surface area contributed by atoms with Crippen molar-refractivity contribution in [2.24, 2.45) is 0 Å². The van der Waals surface area contributed by atoms with Crippen molar-refractivity contribution in [3.05, 3.63) is 11.8 Å². The van der Waals surface area contributed by atoms with Gasteiger partial charge in [0.15, 0.2) is 0 Å². The summed E-state index contributed by atoms with van der Waals surface area (Å²) in [5, 5.41) is 0. The minimum atomic E-state index is 0.890. The first kappa shape index (κ1) is 13.5. The highest BCUT2D eigenvalue weighted by Gasteiger charge is 2.30. The van der Waals surface area contributed by atoms with Gasteiger partial charge in [0.25, 0.3) is 0 Å². The Morgan fingerprint density at radius 1 is 0.684 bits per heavy atom. The normalized spacial score (nSPS) is 27.1. The van der Waals surface area contributed by atoms with E-state index in [0.717, 1.165) is 12.1 Å². The van der Waals surface area contributed by atoms with Crippen molar-refractivity contribution in [2.45, 2.75) is 102 Å². The zero-order chi connectivity index (χ0) is 12.9. The van der Waals surface area contributed by atoms with Gasteiger partial charge in [-0.15, -0.1) is 0 Å². The largest absolute Gasteiger partial charge is 0.369 e. The Labute approximate surface area is 119 Å². The van der Waals surface area contributed by atoms with Crippen LogP contribution in [0.3, 0.4) is 0 Å². The van der Waals surface area contributed by atoms with Crippen LogP contribution >= 0.6 is 0 Å². The Morgan fingerprint density at radius 2 is 1.26 bits per heavy atom. The Hall–Kier alpha value is -0.460. The molecule has 0 N–H and O–H groups in total. The minimum Gasteiger partial charge on any atom is -0.369 e. The molecule has 0 heterocycles. The van der Waals surface area contributed by atoms with Crippen molar-refractivity contribution < 1.29 is 0 Å². The quantitative estimate of drug-likeness (QED) is 0.656. The van der Waals surface area contributed by atoms with Gasteiger partial charge < -0.3 is 4.90 Å². The predicted octanol–water partition coefficient (Wildman–Crippen LogP) is 5.41. The second kappa shape index (κ2) is 6.81. The van der Waals surface area contributed by atoms with Crippen LogP contribution in [0.2, 0.25) is 0 Å². The molecule has 0 amide bonds. The maximum atomic E-state index is 2.94. The summed E-state index contributed by atoms with van der Waals surface area (Å²) >= 11 is 0.